The molecular weight excluding hydrogens is 238 g/mol. The monoisotopic (exact) mass is 255 g/mol. The van der Waals surface area contributed by atoms with Crippen molar-refractivity contribution in [1.29, 1.82) is 0 Å². The molecule has 1 aromatic carbocycles. The third-order valence-corrected chi connectivity index (χ3v) is 3.16. The number of fused-ring (bicyclic) bond motifs is 1. The fraction of sp³-hybridized carbons (Fsp3) is 0.538. The van der Waals surface area contributed by atoms with E-state index in [4.69, 9.17) is 21.4 Å². The summed E-state index contributed by atoms with van der Waals surface area (Å²) < 4.78 is 5.62. The van der Waals surface area contributed by atoms with Gasteiger partial charge < -0.3 is 15.2 Å². The molecule has 0 aromatic heterocycles. The lowest BCUT2D eigenvalue weighted by molar-refractivity contribution is 0.233. The maximum atomic E-state index is 8.95. The van der Waals surface area contributed by atoms with Gasteiger partial charge >= 0.3 is 0 Å². The van der Waals surface area contributed by atoms with E-state index in [-0.39, 0.29) is 12.5 Å². The molecule has 2 N–H and O–H groups in total. The molecule has 17 heavy (non-hydrogen) atoms. The third-order valence-electron chi connectivity index (χ3n) is 2.95. The van der Waals surface area contributed by atoms with Gasteiger partial charge in [0.25, 0.3) is 0 Å². The molecule has 0 radical (unpaired) electrons. The van der Waals surface area contributed by atoms with Crippen LogP contribution in [0.3, 0.4) is 0 Å². The number of nitrogens with one attached hydrogen (secondary N) is 1. The van der Waals surface area contributed by atoms with Gasteiger partial charge in [0.1, 0.15) is 5.75 Å². The topological polar surface area (TPSA) is 41.5 Å². The number of aliphatic hydroxyl groups is 1. The summed E-state index contributed by atoms with van der Waals surface area (Å²) in [4.78, 5) is 0. The van der Waals surface area contributed by atoms with Crippen molar-refractivity contribution in [3.8, 4) is 5.75 Å². The number of hydrogen-bond acceptors (Lipinski definition) is 3. The van der Waals surface area contributed by atoms with E-state index in [9.17, 15) is 0 Å². The number of aliphatic hydroxyl groups excluding tert-OH is 1. The molecular formula is C13H18ClNO2. The second-order valence-electron chi connectivity index (χ2n) is 4.57. The minimum absolute atomic E-state index is 0.206. The minimum atomic E-state index is 0.206. The molecule has 1 aliphatic rings. The van der Waals surface area contributed by atoms with Crippen LogP contribution < -0.4 is 10.1 Å². The SMILES string of the molecule is CC(CO)CNCc1cc(Cl)cc2c1OCC2. The largest absolute Gasteiger partial charge is 0.493 e. The maximum Gasteiger partial charge on any atom is 0.127 e. The summed E-state index contributed by atoms with van der Waals surface area (Å²) in [5.41, 5.74) is 2.31. The molecule has 0 bridgehead atoms. The molecule has 1 aromatic rings. The molecule has 3 nitrogen and oxygen atoms in total. The highest BCUT2D eigenvalue weighted by Gasteiger charge is 2.17. The van der Waals surface area contributed by atoms with Gasteiger partial charge in [-0.05, 0) is 23.6 Å². The van der Waals surface area contributed by atoms with E-state index in [1.807, 2.05) is 19.1 Å². The van der Waals surface area contributed by atoms with Crippen LogP contribution in [0, 0.1) is 5.92 Å². The van der Waals surface area contributed by atoms with Crippen molar-refractivity contribution < 1.29 is 9.84 Å². The average molecular weight is 256 g/mol. The fourth-order valence-electron chi connectivity index (χ4n) is 2.00. The summed E-state index contributed by atoms with van der Waals surface area (Å²) in [6.45, 7) is 4.48. The van der Waals surface area contributed by atoms with Crippen LogP contribution in [0.15, 0.2) is 12.1 Å². The van der Waals surface area contributed by atoms with Crippen molar-refractivity contribution in [2.75, 3.05) is 19.8 Å². The predicted molar refractivity (Wildman–Crippen MR) is 68.6 cm³/mol. The summed E-state index contributed by atoms with van der Waals surface area (Å²) >= 11 is 6.07. The number of benzene rings is 1. The van der Waals surface area contributed by atoms with Gasteiger partial charge in [-0.25, -0.2) is 0 Å². The molecule has 0 saturated carbocycles. The zero-order valence-corrected chi connectivity index (χ0v) is 10.8. The third kappa shape index (κ3) is 3.12. The number of halogens is 1. The Hall–Kier alpha value is -0.770. The van der Waals surface area contributed by atoms with Crippen LogP contribution in [-0.2, 0) is 13.0 Å². The lowest BCUT2D eigenvalue weighted by Crippen LogP contribution is -2.22. The van der Waals surface area contributed by atoms with E-state index in [1.165, 1.54) is 5.56 Å². The molecule has 94 valence electrons. The zero-order chi connectivity index (χ0) is 12.3. The van der Waals surface area contributed by atoms with E-state index in [0.717, 1.165) is 42.5 Å². The molecule has 0 saturated heterocycles. The van der Waals surface area contributed by atoms with Gasteiger partial charge in [0.05, 0.1) is 6.61 Å². The standard InChI is InChI=1S/C13H18ClNO2/c1-9(8-16)6-15-7-11-5-12(14)4-10-2-3-17-13(10)11/h4-5,9,15-16H,2-3,6-8H2,1H3. The zero-order valence-electron chi connectivity index (χ0n) is 10.0. The summed E-state index contributed by atoms with van der Waals surface area (Å²) in [5, 5.41) is 13.0. The number of rotatable bonds is 5. The molecule has 0 amide bonds. The Kier molecular flexibility index (Phi) is 4.26. The minimum Gasteiger partial charge on any atom is -0.493 e. The van der Waals surface area contributed by atoms with Crippen LogP contribution in [0.25, 0.3) is 0 Å². The summed E-state index contributed by atoms with van der Waals surface area (Å²) in [5.74, 6) is 1.25. The molecule has 1 unspecified atom stereocenters. The quantitative estimate of drug-likeness (QED) is 0.846. The molecule has 0 spiro atoms. The van der Waals surface area contributed by atoms with E-state index in [0.29, 0.717) is 0 Å². The van der Waals surface area contributed by atoms with Crippen LogP contribution in [0.5, 0.6) is 5.75 Å². The van der Waals surface area contributed by atoms with E-state index >= 15 is 0 Å². The van der Waals surface area contributed by atoms with Crippen LogP contribution in [0.2, 0.25) is 5.02 Å². The van der Waals surface area contributed by atoms with Gasteiger partial charge in [-0.15, -0.1) is 0 Å². The normalized spacial score (nSPS) is 15.5. The van der Waals surface area contributed by atoms with Gasteiger partial charge in [-0.3, -0.25) is 0 Å². The molecule has 1 atom stereocenters. The Morgan fingerprint density at radius 1 is 1.53 bits per heavy atom. The molecule has 1 heterocycles. The van der Waals surface area contributed by atoms with Crippen LogP contribution >= 0.6 is 11.6 Å². The van der Waals surface area contributed by atoms with E-state index < -0.39 is 0 Å². The van der Waals surface area contributed by atoms with Crippen LogP contribution in [0.4, 0.5) is 0 Å². The number of ether oxygens (including phenoxy) is 1. The highest BCUT2D eigenvalue weighted by molar-refractivity contribution is 6.30. The summed E-state index contributed by atoms with van der Waals surface area (Å²) in [6, 6.07) is 3.92. The first kappa shape index (κ1) is 12.7. The van der Waals surface area contributed by atoms with Crippen molar-refractivity contribution >= 4 is 11.6 Å². The Balaban J connectivity index is 2.01. The van der Waals surface area contributed by atoms with Crippen molar-refractivity contribution in [2.45, 2.75) is 19.9 Å². The first-order chi connectivity index (χ1) is 8.20. The predicted octanol–water partition coefficient (Wildman–Crippen LogP) is 1.99. The smallest absolute Gasteiger partial charge is 0.127 e. The highest BCUT2D eigenvalue weighted by Crippen LogP contribution is 2.32. The molecule has 4 heteroatoms. The fourth-order valence-corrected chi connectivity index (χ4v) is 2.26. The average Bonchev–Trinajstić information content (AvgIpc) is 2.76. The van der Waals surface area contributed by atoms with Crippen LogP contribution in [-0.4, -0.2) is 24.9 Å². The molecule has 0 fully saturated rings. The van der Waals surface area contributed by atoms with Crippen molar-refractivity contribution in [3.63, 3.8) is 0 Å². The lowest BCUT2D eigenvalue weighted by Gasteiger charge is -2.12. The molecule has 0 aliphatic carbocycles. The molecule has 1 aliphatic heterocycles. The van der Waals surface area contributed by atoms with Gasteiger partial charge in [0.2, 0.25) is 0 Å². The van der Waals surface area contributed by atoms with Crippen molar-refractivity contribution in [2.24, 2.45) is 5.92 Å². The van der Waals surface area contributed by atoms with Gasteiger partial charge in [0.15, 0.2) is 0 Å². The van der Waals surface area contributed by atoms with Crippen molar-refractivity contribution in [1.82, 2.24) is 5.32 Å². The Labute approximate surface area is 107 Å². The summed E-state index contributed by atoms with van der Waals surface area (Å²) in [7, 11) is 0. The second kappa shape index (κ2) is 5.71. The highest BCUT2D eigenvalue weighted by atomic mass is 35.5. The van der Waals surface area contributed by atoms with Gasteiger partial charge in [-0.2, -0.15) is 0 Å². The Morgan fingerprint density at radius 2 is 2.35 bits per heavy atom. The van der Waals surface area contributed by atoms with E-state index in [2.05, 4.69) is 5.32 Å². The Morgan fingerprint density at radius 3 is 3.12 bits per heavy atom. The molecule has 2 rings (SSSR count). The van der Waals surface area contributed by atoms with Crippen LogP contribution in [0.1, 0.15) is 18.1 Å². The second-order valence-corrected chi connectivity index (χ2v) is 5.01. The number of hydrogen-bond donors (Lipinski definition) is 2. The lowest BCUT2D eigenvalue weighted by atomic mass is 10.1. The van der Waals surface area contributed by atoms with Gasteiger partial charge in [-0.1, -0.05) is 18.5 Å². The van der Waals surface area contributed by atoms with E-state index in [1.54, 1.807) is 0 Å². The Bertz CT molecular complexity index is 395. The first-order valence-corrected chi connectivity index (χ1v) is 6.34. The van der Waals surface area contributed by atoms with Gasteiger partial charge in [0, 0.05) is 36.7 Å². The maximum absolute atomic E-state index is 8.95. The summed E-state index contributed by atoms with van der Waals surface area (Å²) in [6.07, 6.45) is 0.940. The van der Waals surface area contributed by atoms with Crippen molar-refractivity contribution in [3.05, 3.63) is 28.3 Å². The first-order valence-electron chi connectivity index (χ1n) is 5.96.